The lowest BCUT2D eigenvalue weighted by Crippen LogP contribution is -2.40. The predicted molar refractivity (Wildman–Crippen MR) is 105 cm³/mol. The summed E-state index contributed by atoms with van der Waals surface area (Å²) in [5, 5.41) is 4.60. The Kier molecular flexibility index (Phi) is 4.60. The van der Waals surface area contributed by atoms with E-state index >= 15 is 0 Å². The monoisotopic (exact) mass is 398 g/mol. The molecule has 9 heteroatoms. The van der Waals surface area contributed by atoms with Crippen LogP contribution in [-0.2, 0) is 4.79 Å². The van der Waals surface area contributed by atoms with Crippen molar-refractivity contribution in [3.8, 4) is 5.75 Å². The summed E-state index contributed by atoms with van der Waals surface area (Å²) in [6.45, 7) is 2.11. The Hall–Kier alpha value is -3.20. The molecule has 1 aliphatic rings. The van der Waals surface area contributed by atoms with Gasteiger partial charge >= 0.3 is 0 Å². The molecule has 3 aromatic rings. The molecule has 1 aromatic carbocycles. The minimum Gasteiger partial charge on any atom is -0.497 e. The molecule has 0 radical (unpaired) electrons. The minimum absolute atomic E-state index is 0.0359. The maximum absolute atomic E-state index is 12.6. The predicted octanol–water partition coefficient (Wildman–Crippen LogP) is 1.61. The number of methoxy groups -OCH3 is 1. The van der Waals surface area contributed by atoms with Crippen LogP contribution in [0.1, 0.15) is 22.5 Å². The van der Waals surface area contributed by atoms with Crippen LogP contribution in [0.2, 0.25) is 0 Å². The van der Waals surface area contributed by atoms with E-state index in [1.54, 1.807) is 37.1 Å². The number of amides is 2. The average Bonchev–Trinajstić information content (AvgIpc) is 3.25. The summed E-state index contributed by atoms with van der Waals surface area (Å²) in [5.74, 6) is 0.0247. The van der Waals surface area contributed by atoms with Crippen molar-refractivity contribution in [3.63, 3.8) is 0 Å². The highest BCUT2D eigenvalue weighted by atomic mass is 32.1. The van der Waals surface area contributed by atoms with Gasteiger partial charge in [-0.1, -0.05) is 6.07 Å². The third-order valence-electron chi connectivity index (χ3n) is 4.69. The highest BCUT2D eigenvalue weighted by Crippen LogP contribution is 2.25. The number of benzene rings is 1. The topological polar surface area (TPSA) is 93.0 Å². The minimum atomic E-state index is -0.525. The molecule has 2 amide bonds. The number of hydrogen-bond acceptors (Lipinski definition) is 6. The molecule has 1 saturated heterocycles. The van der Waals surface area contributed by atoms with Crippen molar-refractivity contribution in [3.05, 3.63) is 57.5 Å². The Morgan fingerprint density at radius 2 is 2.18 bits per heavy atom. The zero-order valence-corrected chi connectivity index (χ0v) is 16.2. The van der Waals surface area contributed by atoms with E-state index in [2.05, 4.69) is 10.3 Å². The first-order valence-electron chi connectivity index (χ1n) is 8.69. The van der Waals surface area contributed by atoms with Crippen molar-refractivity contribution in [2.75, 3.05) is 18.6 Å². The van der Waals surface area contributed by atoms with E-state index in [9.17, 15) is 14.4 Å². The molecule has 0 spiro atoms. The standard InChI is InChI=1S/C19H18N4O4S/c1-11-10-28-19-20-8-15(18(26)23(11)19)17(25)21-12-6-16(24)22(9-12)13-4-3-5-14(7-13)27-2/h3-5,7-8,10,12H,6,9H2,1-2H3,(H,21,25). The van der Waals surface area contributed by atoms with Crippen LogP contribution in [0, 0.1) is 6.92 Å². The van der Waals surface area contributed by atoms with Crippen LogP contribution in [-0.4, -0.2) is 40.9 Å². The van der Waals surface area contributed by atoms with Crippen molar-refractivity contribution in [1.29, 1.82) is 0 Å². The number of rotatable bonds is 4. The molecular formula is C19H18N4O4S. The highest BCUT2D eigenvalue weighted by Gasteiger charge is 2.32. The van der Waals surface area contributed by atoms with Gasteiger partial charge in [0, 0.05) is 42.0 Å². The molecular weight excluding hydrogens is 380 g/mol. The highest BCUT2D eigenvalue weighted by molar-refractivity contribution is 7.15. The molecule has 1 fully saturated rings. The van der Waals surface area contributed by atoms with Crippen molar-refractivity contribution < 1.29 is 14.3 Å². The van der Waals surface area contributed by atoms with Crippen LogP contribution in [0.15, 0.2) is 40.6 Å². The Morgan fingerprint density at radius 1 is 1.36 bits per heavy atom. The lowest BCUT2D eigenvalue weighted by Gasteiger charge is -2.18. The summed E-state index contributed by atoms with van der Waals surface area (Å²) in [4.78, 5) is 44.0. The lowest BCUT2D eigenvalue weighted by atomic mass is 10.2. The van der Waals surface area contributed by atoms with E-state index in [1.165, 1.54) is 21.9 Å². The second kappa shape index (κ2) is 7.08. The first kappa shape index (κ1) is 18.2. The van der Waals surface area contributed by atoms with E-state index in [-0.39, 0.29) is 17.9 Å². The molecule has 1 aliphatic heterocycles. The fourth-order valence-electron chi connectivity index (χ4n) is 3.28. The van der Waals surface area contributed by atoms with Crippen LogP contribution in [0.3, 0.4) is 0 Å². The number of anilines is 1. The smallest absolute Gasteiger partial charge is 0.271 e. The molecule has 0 saturated carbocycles. The maximum atomic E-state index is 12.6. The van der Waals surface area contributed by atoms with Gasteiger partial charge in [-0.3, -0.25) is 18.8 Å². The number of fused-ring (bicyclic) bond motifs is 1. The zero-order valence-electron chi connectivity index (χ0n) is 15.3. The zero-order chi connectivity index (χ0) is 19.8. The van der Waals surface area contributed by atoms with Crippen LogP contribution >= 0.6 is 11.3 Å². The molecule has 1 N–H and O–H groups in total. The van der Waals surface area contributed by atoms with E-state index in [4.69, 9.17) is 4.74 Å². The van der Waals surface area contributed by atoms with Crippen molar-refractivity contribution in [2.24, 2.45) is 0 Å². The van der Waals surface area contributed by atoms with Gasteiger partial charge in [-0.25, -0.2) is 4.98 Å². The largest absolute Gasteiger partial charge is 0.497 e. The van der Waals surface area contributed by atoms with Crippen molar-refractivity contribution in [1.82, 2.24) is 14.7 Å². The van der Waals surface area contributed by atoms with Crippen LogP contribution < -0.4 is 20.5 Å². The number of aryl methyl sites for hydroxylation is 1. The molecule has 28 heavy (non-hydrogen) atoms. The number of ether oxygens (including phenoxy) is 1. The number of carbonyl (C=O) groups excluding carboxylic acids is 2. The summed E-state index contributed by atoms with van der Waals surface area (Å²) in [6.07, 6.45) is 1.46. The van der Waals surface area contributed by atoms with E-state index in [0.717, 1.165) is 5.69 Å². The van der Waals surface area contributed by atoms with E-state index in [1.807, 2.05) is 11.4 Å². The second-order valence-corrected chi connectivity index (χ2v) is 7.39. The summed E-state index contributed by atoms with van der Waals surface area (Å²) < 4.78 is 6.62. The molecule has 8 nitrogen and oxygen atoms in total. The van der Waals surface area contributed by atoms with Crippen LogP contribution in [0.4, 0.5) is 5.69 Å². The first-order valence-corrected chi connectivity index (χ1v) is 9.57. The molecule has 3 heterocycles. The fraction of sp³-hybridized carbons (Fsp3) is 0.263. The second-order valence-electron chi connectivity index (χ2n) is 6.55. The fourth-order valence-corrected chi connectivity index (χ4v) is 4.10. The number of hydrogen-bond donors (Lipinski definition) is 1. The van der Waals surface area contributed by atoms with Gasteiger partial charge in [0.15, 0.2) is 4.96 Å². The molecule has 4 rings (SSSR count). The number of nitrogens with one attached hydrogen (secondary N) is 1. The third kappa shape index (κ3) is 3.13. The van der Waals surface area contributed by atoms with Gasteiger partial charge in [0.25, 0.3) is 11.5 Å². The SMILES string of the molecule is COc1cccc(N2CC(NC(=O)c3cnc4scc(C)n4c3=O)CC2=O)c1. The summed E-state index contributed by atoms with van der Waals surface area (Å²) in [7, 11) is 1.56. The van der Waals surface area contributed by atoms with Gasteiger partial charge in [0.2, 0.25) is 5.91 Å². The quantitative estimate of drug-likeness (QED) is 0.721. The van der Waals surface area contributed by atoms with Gasteiger partial charge < -0.3 is 15.0 Å². The molecule has 0 aliphatic carbocycles. The van der Waals surface area contributed by atoms with Crippen molar-refractivity contribution in [2.45, 2.75) is 19.4 Å². The van der Waals surface area contributed by atoms with Gasteiger partial charge in [0.05, 0.1) is 13.2 Å². The Bertz CT molecular complexity index is 1140. The van der Waals surface area contributed by atoms with Crippen LogP contribution in [0.25, 0.3) is 4.96 Å². The molecule has 1 atom stereocenters. The number of thiazole rings is 1. The number of nitrogens with zero attached hydrogens (tertiary/aromatic N) is 3. The molecule has 1 unspecified atom stereocenters. The number of aromatic nitrogens is 2. The van der Waals surface area contributed by atoms with Gasteiger partial charge in [-0.15, -0.1) is 11.3 Å². The molecule has 0 bridgehead atoms. The summed E-state index contributed by atoms with van der Waals surface area (Å²) in [5.41, 5.74) is 0.993. The Labute approximate surface area is 164 Å². The maximum Gasteiger partial charge on any atom is 0.271 e. The third-order valence-corrected chi connectivity index (χ3v) is 5.64. The van der Waals surface area contributed by atoms with E-state index in [0.29, 0.717) is 22.9 Å². The molecule has 144 valence electrons. The van der Waals surface area contributed by atoms with Gasteiger partial charge in [-0.05, 0) is 19.1 Å². The Balaban J connectivity index is 1.53. The summed E-state index contributed by atoms with van der Waals surface area (Å²) in [6, 6.07) is 6.79. The Morgan fingerprint density at radius 3 is 2.96 bits per heavy atom. The first-order chi connectivity index (χ1) is 13.5. The van der Waals surface area contributed by atoms with Crippen molar-refractivity contribution >= 4 is 33.8 Å². The van der Waals surface area contributed by atoms with E-state index < -0.39 is 17.5 Å². The normalized spacial score (nSPS) is 16.6. The lowest BCUT2D eigenvalue weighted by molar-refractivity contribution is -0.117. The summed E-state index contributed by atoms with van der Waals surface area (Å²) >= 11 is 1.34. The van der Waals surface area contributed by atoms with Gasteiger partial charge in [-0.2, -0.15) is 0 Å². The molecule has 2 aromatic heterocycles. The van der Waals surface area contributed by atoms with Crippen LogP contribution in [0.5, 0.6) is 5.75 Å². The number of carbonyl (C=O) groups is 2. The average molecular weight is 398 g/mol. The van der Waals surface area contributed by atoms with Gasteiger partial charge in [0.1, 0.15) is 11.3 Å².